The molecule has 0 saturated heterocycles. The maximum Gasteiger partial charge on any atom is 0.472 e. The van der Waals surface area contributed by atoms with Crippen molar-refractivity contribution in [3.8, 4) is 0 Å². The second-order valence-electron chi connectivity index (χ2n) is 12.8. The summed E-state index contributed by atoms with van der Waals surface area (Å²) in [4.78, 5) is 34.4. The molecule has 0 rings (SSSR count). The molecule has 0 aromatic heterocycles. The summed E-state index contributed by atoms with van der Waals surface area (Å²) in [6, 6.07) is 0. The number of carbonyl (C=O) groups is 2. The summed E-state index contributed by atoms with van der Waals surface area (Å²) in [7, 11) is -4.66. The van der Waals surface area contributed by atoms with E-state index in [1.165, 1.54) is 0 Å². The minimum absolute atomic E-state index is 0.144. The Hall–Kier alpha value is -3.11. The lowest BCUT2D eigenvalue weighted by molar-refractivity contribution is -0.153. The molecule has 0 amide bonds. The van der Waals surface area contributed by atoms with E-state index < -0.39 is 58.4 Å². The molecule has 0 aliphatic rings. The number of esters is 2. The second-order valence-corrected chi connectivity index (χ2v) is 14.3. The van der Waals surface area contributed by atoms with Crippen molar-refractivity contribution in [1.29, 1.82) is 0 Å². The normalized spacial score (nSPS) is 14.9. The maximum absolute atomic E-state index is 12.3. The van der Waals surface area contributed by atoms with Crippen LogP contribution in [0.5, 0.6) is 0 Å². The smallest absolute Gasteiger partial charge is 0.457 e. The van der Waals surface area contributed by atoms with Crippen molar-refractivity contribution in [3.05, 3.63) is 97.2 Å². The molecule has 0 aromatic carbocycles. The van der Waals surface area contributed by atoms with E-state index in [0.29, 0.717) is 12.8 Å². The van der Waals surface area contributed by atoms with Crippen LogP contribution in [0.4, 0.5) is 0 Å². The highest BCUT2D eigenvalue weighted by atomic mass is 31.2. The summed E-state index contributed by atoms with van der Waals surface area (Å²) in [6.45, 7) is 1.87. The number of carbonyl (C=O) groups excluding carboxylic acids is 2. The second kappa shape index (κ2) is 39.1. The van der Waals surface area contributed by atoms with E-state index in [4.69, 9.17) is 18.5 Å². The van der Waals surface area contributed by atoms with Gasteiger partial charge in [0.1, 0.15) is 12.2 Å². The number of unbranched alkanes of at least 4 members (excludes halogenated alkanes) is 6. The van der Waals surface area contributed by atoms with E-state index >= 15 is 0 Å². The fraction of sp³-hybridized carbons (Fsp3) is 0.591. The Kier molecular flexibility index (Phi) is 36.9. The fourth-order valence-electron chi connectivity index (χ4n) is 4.74. The minimum atomic E-state index is -4.66. The number of ether oxygens (including phenoxy) is 2. The molecule has 3 unspecified atom stereocenters. The molecule has 0 aromatic rings. The van der Waals surface area contributed by atoms with Crippen molar-refractivity contribution < 1.29 is 47.8 Å². The van der Waals surface area contributed by atoms with Gasteiger partial charge in [0.15, 0.2) is 0 Å². The molecule has 0 aliphatic heterocycles. The summed E-state index contributed by atoms with van der Waals surface area (Å²) in [6.07, 6.45) is 46.7. The number of allylic oxidation sites excluding steroid dienone is 16. The van der Waals surface area contributed by atoms with Gasteiger partial charge in [-0.2, -0.15) is 0 Å². The predicted octanol–water partition coefficient (Wildman–Crippen LogP) is 10.4. The molecule has 0 radical (unpaired) electrons. The van der Waals surface area contributed by atoms with Crippen molar-refractivity contribution in [2.24, 2.45) is 0 Å². The lowest BCUT2D eigenvalue weighted by Gasteiger charge is -2.20. The van der Waals surface area contributed by atoms with Gasteiger partial charge in [0.25, 0.3) is 0 Å². The summed E-state index contributed by atoms with van der Waals surface area (Å²) < 4.78 is 32.4. The summed E-state index contributed by atoms with van der Waals surface area (Å²) in [5, 5.41) is 19.1. The molecular weight excluding hydrogens is 719 g/mol. The zero-order valence-corrected chi connectivity index (χ0v) is 34.5. The molecule has 0 fully saturated rings. The van der Waals surface area contributed by atoms with Crippen LogP contribution >= 0.6 is 7.82 Å². The number of phosphoric acid groups is 1. The van der Waals surface area contributed by atoms with Crippen LogP contribution < -0.4 is 0 Å². The van der Waals surface area contributed by atoms with Crippen molar-refractivity contribution in [3.63, 3.8) is 0 Å². The monoisotopic (exact) mass is 790 g/mol. The van der Waals surface area contributed by atoms with Gasteiger partial charge >= 0.3 is 19.8 Å². The molecule has 3 N–H and O–H groups in total. The van der Waals surface area contributed by atoms with Gasteiger partial charge in [-0.25, -0.2) is 4.57 Å². The summed E-state index contributed by atoms with van der Waals surface area (Å²) in [5.74, 6) is -1.09. The number of phosphoric ester groups is 1. The van der Waals surface area contributed by atoms with Gasteiger partial charge in [0, 0.05) is 12.8 Å². The SMILES string of the molecule is CC/C=C\C/C=C\C/C=C\C/C=C\C/C=C\CCCCCC(=O)OC(CO)COP(=O)(O)OCC(CO)OC(=O)CCCCC/C=C\C/C=C\C/C=C\CC. The van der Waals surface area contributed by atoms with Crippen molar-refractivity contribution >= 4 is 19.8 Å². The summed E-state index contributed by atoms with van der Waals surface area (Å²) >= 11 is 0. The number of hydrogen-bond acceptors (Lipinski definition) is 9. The Morgan fingerprint density at radius 3 is 1.11 bits per heavy atom. The molecule has 10 nitrogen and oxygen atoms in total. The van der Waals surface area contributed by atoms with Gasteiger partial charge in [0.05, 0.1) is 26.4 Å². The lowest BCUT2D eigenvalue weighted by atomic mass is 10.1. The van der Waals surface area contributed by atoms with Crippen molar-refractivity contribution in [2.75, 3.05) is 26.4 Å². The van der Waals surface area contributed by atoms with Crippen LogP contribution in [0, 0.1) is 0 Å². The van der Waals surface area contributed by atoms with E-state index in [1.807, 2.05) is 0 Å². The molecule has 0 aliphatic carbocycles. The van der Waals surface area contributed by atoms with E-state index in [2.05, 4.69) is 111 Å². The van der Waals surface area contributed by atoms with E-state index in [0.717, 1.165) is 89.9 Å². The van der Waals surface area contributed by atoms with Crippen LogP contribution in [0.15, 0.2) is 97.2 Å². The van der Waals surface area contributed by atoms with Crippen LogP contribution in [0.2, 0.25) is 0 Å². The number of aliphatic hydroxyl groups excluding tert-OH is 2. The van der Waals surface area contributed by atoms with Gasteiger partial charge < -0.3 is 24.6 Å². The highest BCUT2D eigenvalue weighted by Gasteiger charge is 2.27. The number of aliphatic hydroxyl groups is 2. The van der Waals surface area contributed by atoms with E-state index in [1.54, 1.807) is 0 Å². The van der Waals surface area contributed by atoms with Gasteiger partial charge in [-0.05, 0) is 89.9 Å². The first kappa shape index (κ1) is 51.9. The van der Waals surface area contributed by atoms with E-state index in [-0.39, 0.29) is 12.8 Å². The highest BCUT2D eigenvalue weighted by molar-refractivity contribution is 7.47. The first-order valence-corrected chi connectivity index (χ1v) is 21.7. The fourth-order valence-corrected chi connectivity index (χ4v) is 5.53. The largest absolute Gasteiger partial charge is 0.472 e. The third-order valence-corrected chi connectivity index (χ3v) is 8.74. The maximum atomic E-state index is 12.3. The molecule has 0 heterocycles. The number of rotatable bonds is 36. The van der Waals surface area contributed by atoms with Crippen molar-refractivity contribution in [1.82, 2.24) is 0 Å². The zero-order chi connectivity index (χ0) is 40.5. The van der Waals surface area contributed by atoms with Crippen LogP contribution in [0.25, 0.3) is 0 Å². The van der Waals surface area contributed by atoms with Crippen LogP contribution in [-0.4, -0.2) is 65.7 Å². The summed E-state index contributed by atoms with van der Waals surface area (Å²) in [5.41, 5.74) is 0. The van der Waals surface area contributed by atoms with Crippen LogP contribution in [0.1, 0.15) is 129 Å². The highest BCUT2D eigenvalue weighted by Crippen LogP contribution is 2.43. The first-order chi connectivity index (χ1) is 26.8. The first-order valence-electron chi connectivity index (χ1n) is 20.2. The topological polar surface area (TPSA) is 149 Å². The molecular formula is C44H71O10P. The third kappa shape index (κ3) is 37.6. The Labute approximate surface area is 332 Å². The third-order valence-electron chi connectivity index (χ3n) is 7.79. The van der Waals surface area contributed by atoms with Gasteiger partial charge in [0.2, 0.25) is 0 Å². The Morgan fingerprint density at radius 2 is 0.800 bits per heavy atom. The molecule has 55 heavy (non-hydrogen) atoms. The van der Waals surface area contributed by atoms with Crippen LogP contribution in [-0.2, 0) is 32.7 Å². The average molecular weight is 791 g/mol. The molecule has 0 bridgehead atoms. The Balaban J connectivity index is 4.07. The standard InChI is InChI=1S/C44H71O10P/c1-3-5-7-9-11-13-15-17-18-19-20-21-22-24-26-28-30-32-34-36-44(48)54-42(38-46)40-52-55(49,50)51-39-41(37-45)53-43(47)35-33-31-29-27-25-23-16-14-12-10-8-6-4-2/h5-8,11-14,17-18,20-21,23-26,41-42,45-46H,3-4,9-10,15-16,19,22,27-40H2,1-2H3,(H,49,50)/b7-5-,8-6-,13-11-,14-12-,18-17-,21-20-,25-23-,26-24-. The minimum Gasteiger partial charge on any atom is -0.457 e. The van der Waals surface area contributed by atoms with Gasteiger partial charge in [-0.15, -0.1) is 0 Å². The molecule has 11 heteroatoms. The molecule has 0 saturated carbocycles. The zero-order valence-electron chi connectivity index (χ0n) is 33.6. The molecule has 3 atom stereocenters. The predicted molar refractivity (Wildman–Crippen MR) is 223 cm³/mol. The van der Waals surface area contributed by atoms with Crippen LogP contribution in [0.3, 0.4) is 0 Å². The Morgan fingerprint density at radius 1 is 0.491 bits per heavy atom. The molecule has 0 spiro atoms. The van der Waals surface area contributed by atoms with Gasteiger partial charge in [-0.1, -0.05) is 124 Å². The van der Waals surface area contributed by atoms with E-state index in [9.17, 15) is 29.3 Å². The molecule has 312 valence electrons. The van der Waals surface area contributed by atoms with Gasteiger partial charge in [-0.3, -0.25) is 18.6 Å². The Bertz CT molecular complexity index is 1230. The number of hydrogen-bond donors (Lipinski definition) is 3. The van der Waals surface area contributed by atoms with Crippen molar-refractivity contribution in [2.45, 2.75) is 142 Å². The lowest BCUT2D eigenvalue weighted by Crippen LogP contribution is -2.28. The quantitative estimate of drug-likeness (QED) is 0.0242. The average Bonchev–Trinajstić information content (AvgIpc) is 3.17.